The van der Waals surface area contributed by atoms with Crippen LogP contribution in [0.4, 0.5) is 0 Å². The lowest BCUT2D eigenvalue weighted by Gasteiger charge is -2.15. The highest BCUT2D eigenvalue weighted by atomic mass is 15.1. The van der Waals surface area contributed by atoms with E-state index in [4.69, 9.17) is 10.7 Å². The van der Waals surface area contributed by atoms with E-state index in [1.807, 2.05) is 19.4 Å². The molecule has 5 heteroatoms. The van der Waals surface area contributed by atoms with Gasteiger partial charge in [0, 0.05) is 31.6 Å². The average Bonchev–Trinajstić information content (AvgIpc) is 3.02. The van der Waals surface area contributed by atoms with E-state index in [2.05, 4.69) is 14.1 Å². The van der Waals surface area contributed by atoms with E-state index >= 15 is 0 Å². The second-order valence-corrected chi connectivity index (χ2v) is 5.56. The van der Waals surface area contributed by atoms with Gasteiger partial charge < -0.3 is 14.9 Å². The van der Waals surface area contributed by atoms with E-state index in [1.54, 1.807) is 0 Å². The number of hydrogen-bond donors (Lipinski definition) is 1. The van der Waals surface area contributed by atoms with Gasteiger partial charge in [-0.15, -0.1) is 0 Å². The topological polar surface area (TPSA) is 61.7 Å². The first-order valence-electron chi connectivity index (χ1n) is 7.53. The summed E-state index contributed by atoms with van der Waals surface area (Å²) >= 11 is 0. The molecule has 1 aliphatic carbocycles. The first-order chi connectivity index (χ1) is 9.79. The normalized spacial score (nSPS) is 14.5. The molecule has 2 heterocycles. The van der Waals surface area contributed by atoms with E-state index in [9.17, 15) is 0 Å². The summed E-state index contributed by atoms with van der Waals surface area (Å²) in [6.07, 6.45) is 10.6. The van der Waals surface area contributed by atoms with Gasteiger partial charge in [-0.25, -0.2) is 9.97 Å². The van der Waals surface area contributed by atoms with Gasteiger partial charge >= 0.3 is 0 Å². The van der Waals surface area contributed by atoms with E-state index in [0.29, 0.717) is 0 Å². The molecule has 0 atom stereocenters. The van der Waals surface area contributed by atoms with Gasteiger partial charge in [-0.2, -0.15) is 0 Å². The molecule has 2 aromatic rings. The fraction of sp³-hybridized carbons (Fsp3) is 0.600. The minimum atomic E-state index is 0.722. The van der Waals surface area contributed by atoms with Gasteiger partial charge in [-0.1, -0.05) is 0 Å². The van der Waals surface area contributed by atoms with Gasteiger partial charge in [0.05, 0.1) is 12.2 Å². The third-order valence-electron chi connectivity index (χ3n) is 4.14. The fourth-order valence-corrected chi connectivity index (χ4v) is 2.98. The predicted octanol–water partition coefficient (Wildman–Crippen LogP) is 1.43. The van der Waals surface area contributed by atoms with Crippen LogP contribution in [0.5, 0.6) is 0 Å². The van der Waals surface area contributed by atoms with Crippen LogP contribution < -0.4 is 5.73 Å². The molecule has 0 fully saturated rings. The number of hydrogen-bond acceptors (Lipinski definition) is 3. The molecule has 0 saturated carbocycles. The number of fused-ring (bicyclic) bond motifs is 1. The minimum absolute atomic E-state index is 0.722. The van der Waals surface area contributed by atoms with Crippen molar-refractivity contribution in [3.05, 3.63) is 35.4 Å². The zero-order chi connectivity index (χ0) is 13.9. The Labute approximate surface area is 119 Å². The van der Waals surface area contributed by atoms with Crippen molar-refractivity contribution in [3.63, 3.8) is 0 Å². The first kappa shape index (κ1) is 13.4. The number of aromatic nitrogens is 4. The van der Waals surface area contributed by atoms with Crippen LogP contribution in [-0.4, -0.2) is 25.6 Å². The monoisotopic (exact) mass is 273 g/mol. The molecule has 20 heavy (non-hydrogen) atoms. The molecule has 0 amide bonds. The quantitative estimate of drug-likeness (QED) is 0.896. The molecule has 0 unspecified atom stereocenters. The molecule has 0 saturated heterocycles. The van der Waals surface area contributed by atoms with Gasteiger partial charge in [0.15, 0.2) is 0 Å². The Morgan fingerprint density at radius 3 is 2.85 bits per heavy atom. The molecule has 0 bridgehead atoms. The molecule has 0 aromatic carbocycles. The van der Waals surface area contributed by atoms with Crippen LogP contribution >= 0.6 is 0 Å². The van der Waals surface area contributed by atoms with E-state index in [0.717, 1.165) is 44.6 Å². The number of imidazole rings is 2. The van der Waals surface area contributed by atoms with E-state index in [1.165, 1.54) is 30.1 Å². The van der Waals surface area contributed by atoms with Gasteiger partial charge in [-0.05, 0) is 38.6 Å². The maximum atomic E-state index is 5.66. The third-order valence-corrected chi connectivity index (χ3v) is 4.14. The van der Waals surface area contributed by atoms with Crippen molar-refractivity contribution in [2.24, 2.45) is 12.8 Å². The summed E-state index contributed by atoms with van der Waals surface area (Å²) in [7, 11) is 2.05. The summed E-state index contributed by atoms with van der Waals surface area (Å²) in [5, 5.41) is 0. The van der Waals surface area contributed by atoms with Crippen LogP contribution in [0.25, 0.3) is 0 Å². The first-order valence-corrected chi connectivity index (χ1v) is 7.53. The van der Waals surface area contributed by atoms with Crippen molar-refractivity contribution in [3.8, 4) is 0 Å². The maximum Gasteiger partial charge on any atom is 0.128 e. The van der Waals surface area contributed by atoms with Crippen LogP contribution in [-0.2, 0) is 32.9 Å². The van der Waals surface area contributed by atoms with Crippen LogP contribution in [0.3, 0.4) is 0 Å². The number of aryl methyl sites for hydroxylation is 3. The van der Waals surface area contributed by atoms with Crippen molar-refractivity contribution in [1.82, 2.24) is 19.1 Å². The Bertz CT molecular complexity index is 581. The molecule has 2 aromatic heterocycles. The van der Waals surface area contributed by atoms with Gasteiger partial charge in [0.1, 0.15) is 11.6 Å². The Balaban J connectivity index is 1.93. The highest BCUT2D eigenvalue weighted by molar-refractivity contribution is 5.21. The molecule has 2 N–H and O–H groups in total. The third kappa shape index (κ3) is 2.50. The second-order valence-electron chi connectivity index (χ2n) is 5.56. The van der Waals surface area contributed by atoms with Crippen LogP contribution in [0.2, 0.25) is 0 Å². The van der Waals surface area contributed by atoms with Crippen molar-refractivity contribution in [2.45, 2.75) is 45.1 Å². The van der Waals surface area contributed by atoms with Crippen molar-refractivity contribution >= 4 is 0 Å². The highest BCUT2D eigenvalue weighted by Gasteiger charge is 2.20. The summed E-state index contributed by atoms with van der Waals surface area (Å²) in [5.74, 6) is 2.27. The molecular weight excluding hydrogens is 250 g/mol. The predicted molar refractivity (Wildman–Crippen MR) is 78.6 cm³/mol. The van der Waals surface area contributed by atoms with Crippen LogP contribution in [0, 0.1) is 0 Å². The highest BCUT2D eigenvalue weighted by Crippen LogP contribution is 2.23. The Morgan fingerprint density at radius 1 is 1.25 bits per heavy atom. The Kier molecular flexibility index (Phi) is 3.87. The van der Waals surface area contributed by atoms with Gasteiger partial charge in [0.2, 0.25) is 0 Å². The number of nitrogens with two attached hydrogens (primary N) is 1. The summed E-state index contributed by atoms with van der Waals surface area (Å²) in [6, 6.07) is 0. The average molecular weight is 273 g/mol. The zero-order valence-electron chi connectivity index (χ0n) is 12.2. The van der Waals surface area contributed by atoms with Crippen molar-refractivity contribution < 1.29 is 0 Å². The largest absolute Gasteiger partial charge is 0.337 e. The second kappa shape index (κ2) is 5.79. The van der Waals surface area contributed by atoms with Crippen LogP contribution in [0.15, 0.2) is 12.4 Å². The number of rotatable bonds is 5. The Hall–Kier alpha value is -1.62. The van der Waals surface area contributed by atoms with E-state index < -0.39 is 0 Å². The fourth-order valence-electron chi connectivity index (χ4n) is 2.98. The molecule has 108 valence electrons. The van der Waals surface area contributed by atoms with Crippen molar-refractivity contribution in [1.29, 1.82) is 0 Å². The smallest absolute Gasteiger partial charge is 0.128 e. The van der Waals surface area contributed by atoms with Gasteiger partial charge in [-0.3, -0.25) is 0 Å². The SMILES string of the molecule is Cn1ccnc1Cn1c(CCCN)nc2c1CCCC2. The summed E-state index contributed by atoms with van der Waals surface area (Å²) in [6.45, 7) is 1.55. The minimum Gasteiger partial charge on any atom is -0.337 e. The molecule has 0 spiro atoms. The molecule has 0 radical (unpaired) electrons. The van der Waals surface area contributed by atoms with Crippen LogP contribution in [0.1, 0.15) is 42.3 Å². The lowest BCUT2D eigenvalue weighted by atomic mass is 10.0. The zero-order valence-corrected chi connectivity index (χ0v) is 12.2. The molecular formula is C15H23N5. The molecule has 5 nitrogen and oxygen atoms in total. The summed E-state index contributed by atoms with van der Waals surface area (Å²) < 4.78 is 4.47. The maximum absolute atomic E-state index is 5.66. The lowest BCUT2D eigenvalue weighted by Crippen LogP contribution is -2.14. The Morgan fingerprint density at radius 2 is 2.10 bits per heavy atom. The summed E-state index contributed by atoms with van der Waals surface area (Å²) in [4.78, 5) is 9.32. The molecule has 0 aliphatic heterocycles. The standard InChI is InChI=1S/C15H23N5/c1-19-10-9-17-15(19)11-20-13-6-3-2-5-12(13)18-14(20)7-4-8-16/h9-10H,2-8,11,16H2,1H3. The van der Waals surface area contributed by atoms with Gasteiger partial charge in [0.25, 0.3) is 0 Å². The summed E-state index contributed by atoms with van der Waals surface area (Å²) in [5.41, 5.74) is 8.38. The number of nitrogens with zero attached hydrogens (tertiary/aromatic N) is 4. The molecule has 3 rings (SSSR count). The lowest BCUT2D eigenvalue weighted by molar-refractivity contribution is 0.594. The van der Waals surface area contributed by atoms with E-state index in [-0.39, 0.29) is 0 Å². The molecule has 1 aliphatic rings. The van der Waals surface area contributed by atoms with Crippen molar-refractivity contribution in [2.75, 3.05) is 6.54 Å².